The van der Waals surface area contributed by atoms with Gasteiger partial charge in [-0.2, -0.15) is 13.2 Å². The van der Waals surface area contributed by atoms with Crippen LogP contribution in [0.15, 0.2) is 32.5 Å². The normalized spacial score (nSPS) is 11.4. The van der Waals surface area contributed by atoms with Crippen LogP contribution in [-0.2, 0) is 6.18 Å². The van der Waals surface area contributed by atoms with Gasteiger partial charge < -0.3 is 15.5 Å². The second kappa shape index (κ2) is 8.43. The van der Waals surface area contributed by atoms with Crippen molar-refractivity contribution < 1.29 is 22.8 Å². The van der Waals surface area contributed by atoms with E-state index in [1.807, 2.05) is 6.92 Å². The second-order valence-corrected chi connectivity index (χ2v) is 7.63. The van der Waals surface area contributed by atoms with E-state index in [9.17, 15) is 22.8 Å². The Balaban J connectivity index is 2.60. The molecule has 2 aromatic rings. The summed E-state index contributed by atoms with van der Waals surface area (Å²) in [6, 6.07) is 2.23. The number of aromatic nitrogens is 2. The van der Waals surface area contributed by atoms with Crippen LogP contribution in [0.25, 0.3) is 0 Å². The van der Waals surface area contributed by atoms with Crippen LogP contribution in [0.3, 0.4) is 0 Å². The summed E-state index contributed by atoms with van der Waals surface area (Å²) in [6.07, 6.45) is -3.47. The summed E-state index contributed by atoms with van der Waals surface area (Å²) in [7, 11) is 2.14. The minimum Gasteiger partial charge on any atom is -0.413 e. The van der Waals surface area contributed by atoms with Crippen molar-refractivity contribution in [3.8, 4) is 0 Å². The summed E-state index contributed by atoms with van der Waals surface area (Å²) in [5, 5.41) is 0. The van der Waals surface area contributed by atoms with Crippen molar-refractivity contribution in [2.75, 3.05) is 30.5 Å². The largest absolute Gasteiger partial charge is 0.435 e. The Labute approximate surface area is 170 Å². The summed E-state index contributed by atoms with van der Waals surface area (Å²) in [5.41, 5.74) is 2.17. The molecule has 0 atom stereocenters. The first-order valence-corrected chi connectivity index (χ1v) is 9.54. The maximum absolute atomic E-state index is 13.1. The van der Waals surface area contributed by atoms with Crippen LogP contribution >= 0.6 is 27.7 Å². The molecular weight excluding hydrogens is 465 g/mol. The minimum atomic E-state index is -4.87. The van der Waals surface area contributed by atoms with Crippen molar-refractivity contribution in [3.05, 3.63) is 44.5 Å². The molecule has 0 unspecified atom stereocenters. The second-order valence-electron chi connectivity index (χ2n) is 5.41. The average Bonchev–Trinajstić information content (AvgIpc) is 2.60. The zero-order valence-electron chi connectivity index (χ0n) is 15.0. The van der Waals surface area contributed by atoms with Crippen LogP contribution < -0.4 is 21.0 Å². The highest BCUT2D eigenvalue weighted by atomic mass is 79.9. The lowest BCUT2D eigenvalue weighted by atomic mass is 10.2. The van der Waals surface area contributed by atoms with Gasteiger partial charge in [0.05, 0.1) is 5.69 Å². The molecule has 12 heteroatoms. The summed E-state index contributed by atoms with van der Waals surface area (Å²) in [5.74, 6) is -0.0456. The van der Waals surface area contributed by atoms with Gasteiger partial charge in [-0.15, -0.1) is 16.5 Å². The molecule has 2 rings (SSSR count). The Morgan fingerprint density at radius 1 is 1.43 bits per heavy atom. The maximum Gasteiger partial charge on any atom is 0.435 e. The number of thioether (sulfide) groups is 1. The number of rotatable bonds is 5. The van der Waals surface area contributed by atoms with Crippen LogP contribution in [0.4, 0.5) is 24.5 Å². The van der Waals surface area contributed by atoms with E-state index in [1.165, 1.54) is 25.0 Å². The molecule has 0 radical (unpaired) electrons. The van der Waals surface area contributed by atoms with Crippen molar-refractivity contribution >= 4 is 45.0 Å². The van der Waals surface area contributed by atoms with Crippen molar-refractivity contribution in [3.63, 3.8) is 0 Å². The van der Waals surface area contributed by atoms with Gasteiger partial charge in [0, 0.05) is 22.6 Å². The van der Waals surface area contributed by atoms with Crippen LogP contribution in [-0.4, -0.2) is 35.5 Å². The van der Waals surface area contributed by atoms with E-state index in [0.717, 1.165) is 12.0 Å². The highest BCUT2D eigenvalue weighted by Crippen LogP contribution is 2.32. The fourth-order valence-corrected chi connectivity index (χ4v) is 3.71. The molecule has 28 heavy (non-hydrogen) atoms. The molecule has 2 N–H and O–H groups in total. The van der Waals surface area contributed by atoms with E-state index in [0.29, 0.717) is 21.2 Å². The molecule has 0 saturated carbocycles. The molecule has 2 heterocycles. The van der Waals surface area contributed by atoms with Gasteiger partial charge in [-0.3, -0.25) is 9.59 Å². The number of alkyl halides is 3. The SMILES string of the molecule is CCSc1cc(Br)cnc1C(=O)N(C)c1c(N)cc(C(F)(F)F)n(OC)c1=O. The monoisotopic (exact) mass is 480 g/mol. The summed E-state index contributed by atoms with van der Waals surface area (Å²) in [4.78, 5) is 35.5. The molecule has 152 valence electrons. The molecular formula is C16H16BrF3N4O3S. The number of carbonyl (C=O) groups is 1. The highest BCUT2D eigenvalue weighted by Gasteiger charge is 2.38. The van der Waals surface area contributed by atoms with Gasteiger partial charge in [-0.1, -0.05) is 6.92 Å². The minimum absolute atomic E-state index is 0.0419. The Kier molecular flexibility index (Phi) is 6.65. The van der Waals surface area contributed by atoms with Gasteiger partial charge in [-0.05, 0) is 33.8 Å². The Morgan fingerprint density at radius 3 is 2.61 bits per heavy atom. The topological polar surface area (TPSA) is 90.5 Å². The van der Waals surface area contributed by atoms with Crippen LogP contribution in [0, 0.1) is 0 Å². The van der Waals surface area contributed by atoms with Gasteiger partial charge in [0.2, 0.25) is 0 Å². The van der Waals surface area contributed by atoms with Gasteiger partial charge in [0.1, 0.15) is 18.5 Å². The quantitative estimate of drug-likeness (QED) is 0.661. The Hall–Kier alpha value is -2.21. The fraction of sp³-hybridized carbons (Fsp3) is 0.312. The van der Waals surface area contributed by atoms with Crippen LogP contribution in [0.5, 0.6) is 0 Å². The number of pyridine rings is 2. The van der Waals surface area contributed by atoms with Crippen LogP contribution in [0.1, 0.15) is 23.1 Å². The third-order valence-corrected chi connectivity index (χ3v) is 4.95. The van der Waals surface area contributed by atoms with Gasteiger partial charge in [-0.25, -0.2) is 4.98 Å². The Bertz CT molecular complexity index is 965. The van der Waals surface area contributed by atoms with Crippen molar-refractivity contribution in [1.29, 1.82) is 0 Å². The number of anilines is 2. The fourth-order valence-electron chi connectivity index (χ4n) is 2.43. The standard InChI is InChI=1S/C16H16BrF3N4O3S/c1-4-28-10-5-8(17)7-22-12(10)14(25)23(2)13-9(21)6-11(16(18,19)20)24(27-3)15(13)26/h5-7H,4,21H2,1-3H3. The van der Waals surface area contributed by atoms with Crippen molar-refractivity contribution in [2.24, 2.45) is 0 Å². The molecule has 0 aromatic carbocycles. The Morgan fingerprint density at radius 2 is 2.07 bits per heavy atom. The van der Waals surface area contributed by atoms with E-state index in [1.54, 1.807) is 6.07 Å². The first-order valence-electron chi connectivity index (χ1n) is 7.76. The molecule has 0 fully saturated rings. The number of amides is 1. The third kappa shape index (κ3) is 4.27. The van der Waals surface area contributed by atoms with Gasteiger partial charge in [0.15, 0.2) is 5.69 Å². The zero-order chi connectivity index (χ0) is 21.2. The summed E-state index contributed by atoms with van der Waals surface area (Å²) >= 11 is 4.62. The summed E-state index contributed by atoms with van der Waals surface area (Å²) in [6.45, 7) is 1.88. The van der Waals surface area contributed by atoms with E-state index < -0.39 is 34.7 Å². The van der Waals surface area contributed by atoms with Crippen molar-refractivity contribution in [2.45, 2.75) is 18.0 Å². The van der Waals surface area contributed by atoms with E-state index in [-0.39, 0.29) is 10.4 Å². The third-order valence-electron chi connectivity index (χ3n) is 3.61. The molecule has 0 aliphatic heterocycles. The molecule has 0 aliphatic rings. The highest BCUT2D eigenvalue weighted by molar-refractivity contribution is 9.10. The lowest BCUT2D eigenvalue weighted by Crippen LogP contribution is -2.39. The molecule has 2 aromatic heterocycles. The van der Waals surface area contributed by atoms with Gasteiger partial charge >= 0.3 is 11.7 Å². The van der Waals surface area contributed by atoms with E-state index in [2.05, 4.69) is 25.8 Å². The molecule has 7 nitrogen and oxygen atoms in total. The average molecular weight is 481 g/mol. The van der Waals surface area contributed by atoms with E-state index in [4.69, 9.17) is 5.73 Å². The number of nitrogens with zero attached hydrogens (tertiary/aromatic N) is 3. The number of nitrogen functional groups attached to an aromatic ring is 1. The lowest BCUT2D eigenvalue weighted by molar-refractivity contribution is -0.151. The molecule has 1 amide bonds. The lowest BCUT2D eigenvalue weighted by Gasteiger charge is -2.22. The zero-order valence-corrected chi connectivity index (χ0v) is 17.4. The number of hydrogen-bond donors (Lipinski definition) is 1. The maximum atomic E-state index is 13.1. The molecule has 0 aliphatic carbocycles. The summed E-state index contributed by atoms with van der Waals surface area (Å²) < 4.78 is 40.1. The number of halogens is 4. The number of carbonyl (C=O) groups excluding carboxylic acids is 1. The number of nitrogens with two attached hydrogens (primary N) is 1. The molecule has 0 bridgehead atoms. The number of hydrogen-bond acceptors (Lipinski definition) is 6. The molecule has 0 saturated heterocycles. The first-order chi connectivity index (χ1) is 13.0. The first kappa shape index (κ1) is 22.1. The predicted molar refractivity (Wildman–Crippen MR) is 104 cm³/mol. The van der Waals surface area contributed by atoms with Crippen LogP contribution in [0.2, 0.25) is 0 Å². The van der Waals surface area contributed by atoms with Gasteiger partial charge in [0.25, 0.3) is 5.91 Å². The molecule has 0 spiro atoms. The van der Waals surface area contributed by atoms with Crippen molar-refractivity contribution in [1.82, 2.24) is 9.71 Å². The predicted octanol–water partition coefficient (Wildman–Crippen LogP) is 3.05. The van der Waals surface area contributed by atoms with E-state index >= 15 is 0 Å². The smallest absolute Gasteiger partial charge is 0.413 e.